The van der Waals surface area contributed by atoms with Gasteiger partial charge in [0.1, 0.15) is 0 Å². The van der Waals surface area contributed by atoms with Crippen molar-refractivity contribution in [1.29, 1.82) is 0 Å². The quantitative estimate of drug-likeness (QED) is 0.0367. The first-order chi connectivity index (χ1) is 24.1. The number of hydrogen-bond donors (Lipinski definition) is 0. The van der Waals surface area contributed by atoms with Gasteiger partial charge < -0.3 is 29.6 Å². The van der Waals surface area contributed by atoms with Gasteiger partial charge in [-0.3, -0.25) is 9.59 Å². The Kier molecular flexibility index (Phi) is 46.1. The van der Waals surface area contributed by atoms with E-state index in [1.165, 1.54) is 139 Å². The van der Waals surface area contributed by atoms with Crippen LogP contribution >= 0.6 is 0 Å². The van der Waals surface area contributed by atoms with Crippen LogP contribution in [0.25, 0.3) is 0 Å². The Morgan fingerprint density at radius 1 is 0.412 bits per heavy atom. The number of carboxylic acid groups (broad SMARTS) is 2. The SMILES string of the molecule is CCCCCCCC/C=C/CCCCCCCC(=O)N(C)CC(=O)[O-].CCCCCCCC/C=C/CCCCCCCC(=O)N(C)CC(=O)[O-].[Ba+2]. The first-order valence-electron chi connectivity index (χ1n) is 20.3. The maximum Gasteiger partial charge on any atom is 2.00 e. The van der Waals surface area contributed by atoms with Crippen molar-refractivity contribution in [2.45, 2.75) is 194 Å². The normalized spacial score (nSPS) is 10.9. The number of nitrogens with zero attached hydrogens (tertiary/aromatic N) is 2. The van der Waals surface area contributed by atoms with Crippen molar-refractivity contribution in [2.24, 2.45) is 0 Å². The van der Waals surface area contributed by atoms with Crippen LogP contribution in [0.2, 0.25) is 0 Å². The number of aliphatic carboxylic acids is 2. The number of carboxylic acids is 2. The summed E-state index contributed by atoms with van der Waals surface area (Å²) in [5.74, 6) is -2.63. The number of rotatable bonds is 34. The monoisotopic (exact) mass is 842 g/mol. The molecule has 0 saturated carbocycles. The second-order valence-corrected chi connectivity index (χ2v) is 13.9. The number of carbonyl (C=O) groups is 4. The van der Waals surface area contributed by atoms with Gasteiger partial charge in [-0.25, -0.2) is 0 Å². The summed E-state index contributed by atoms with van der Waals surface area (Å²) in [6, 6.07) is 0. The standard InChI is InChI=1S/2C21H39NO3.Ba/c2*1-3-4-5-6-7-8-9-10-11-12-13-14-15-16-17-18-20(23)22(2)19-21(24)25;/h2*10-11H,3-9,12-19H2,1-2H3,(H,24,25);/q;;+2/p-2/b2*11-10+;. The molecule has 0 aliphatic carbocycles. The van der Waals surface area contributed by atoms with E-state index in [1.54, 1.807) is 0 Å². The Morgan fingerprint density at radius 2 is 0.647 bits per heavy atom. The molecule has 2 amide bonds. The first-order valence-corrected chi connectivity index (χ1v) is 20.3. The fraction of sp³-hybridized carbons (Fsp3) is 0.810. The van der Waals surface area contributed by atoms with Crippen molar-refractivity contribution < 1.29 is 29.4 Å². The minimum Gasteiger partial charge on any atom is -0.548 e. The summed E-state index contributed by atoms with van der Waals surface area (Å²) in [5.41, 5.74) is 0. The average Bonchev–Trinajstić information content (AvgIpc) is 3.07. The molecule has 0 spiro atoms. The fourth-order valence-corrected chi connectivity index (χ4v) is 5.64. The number of hydrogen-bond acceptors (Lipinski definition) is 6. The van der Waals surface area contributed by atoms with E-state index in [9.17, 15) is 29.4 Å². The number of likely N-dealkylation sites (N-methyl/N-ethyl adjacent to an activating group) is 2. The molecular weight excluding hydrogens is 766 g/mol. The molecule has 292 valence electrons. The summed E-state index contributed by atoms with van der Waals surface area (Å²) >= 11 is 0. The minimum atomic E-state index is -1.21. The molecule has 0 fully saturated rings. The van der Waals surface area contributed by atoms with Gasteiger partial charge in [0.05, 0.1) is 25.0 Å². The van der Waals surface area contributed by atoms with Gasteiger partial charge >= 0.3 is 48.9 Å². The van der Waals surface area contributed by atoms with Crippen LogP contribution in [0.15, 0.2) is 24.3 Å². The van der Waals surface area contributed by atoms with E-state index in [0.717, 1.165) is 51.4 Å². The van der Waals surface area contributed by atoms with Gasteiger partial charge in [-0.15, -0.1) is 0 Å². The summed E-state index contributed by atoms with van der Waals surface area (Å²) in [4.78, 5) is 46.6. The molecule has 0 aliphatic rings. The van der Waals surface area contributed by atoms with Crippen molar-refractivity contribution >= 4 is 72.6 Å². The van der Waals surface area contributed by atoms with E-state index >= 15 is 0 Å². The molecule has 0 heterocycles. The van der Waals surface area contributed by atoms with Crippen LogP contribution < -0.4 is 10.2 Å². The van der Waals surface area contributed by atoms with Crippen LogP contribution in [-0.2, 0) is 19.2 Å². The second kappa shape index (κ2) is 43.3. The molecule has 9 heteroatoms. The van der Waals surface area contributed by atoms with E-state index in [1.807, 2.05) is 0 Å². The van der Waals surface area contributed by atoms with Gasteiger partial charge in [-0.2, -0.15) is 0 Å². The summed E-state index contributed by atoms with van der Waals surface area (Å²) < 4.78 is 0. The van der Waals surface area contributed by atoms with Crippen LogP contribution in [0.4, 0.5) is 0 Å². The Hall–Kier alpha value is -1.07. The molecule has 0 bridgehead atoms. The van der Waals surface area contributed by atoms with Gasteiger partial charge in [0.2, 0.25) is 11.8 Å². The van der Waals surface area contributed by atoms with Crippen molar-refractivity contribution in [3.8, 4) is 0 Å². The van der Waals surface area contributed by atoms with E-state index in [2.05, 4.69) is 38.2 Å². The Morgan fingerprint density at radius 3 is 0.902 bits per heavy atom. The topological polar surface area (TPSA) is 121 Å². The van der Waals surface area contributed by atoms with E-state index in [-0.39, 0.29) is 73.8 Å². The molecular formula is C42H76BaN2O6. The van der Waals surface area contributed by atoms with Gasteiger partial charge in [0, 0.05) is 26.9 Å². The zero-order chi connectivity index (χ0) is 37.5. The molecule has 0 radical (unpaired) electrons. The fourth-order valence-electron chi connectivity index (χ4n) is 5.64. The Labute approximate surface area is 354 Å². The molecule has 0 rings (SSSR count). The van der Waals surface area contributed by atoms with Crippen LogP contribution in [0.1, 0.15) is 194 Å². The van der Waals surface area contributed by atoms with Crippen molar-refractivity contribution in [3.63, 3.8) is 0 Å². The first kappa shape index (κ1) is 54.3. The van der Waals surface area contributed by atoms with Crippen LogP contribution in [0.5, 0.6) is 0 Å². The smallest absolute Gasteiger partial charge is 0.548 e. The van der Waals surface area contributed by atoms with Gasteiger partial charge in [-0.1, -0.05) is 141 Å². The Balaban J connectivity index is -0.000000886. The third-order valence-corrected chi connectivity index (χ3v) is 8.89. The number of amides is 2. The Bertz CT molecular complexity index is 809. The second-order valence-electron chi connectivity index (χ2n) is 13.9. The van der Waals surface area contributed by atoms with Crippen LogP contribution in [0, 0.1) is 0 Å². The predicted octanol–water partition coefficient (Wildman–Crippen LogP) is 8.08. The van der Waals surface area contributed by atoms with Crippen molar-refractivity contribution in [3.05, 3.63) is 24.3 Å². The molecule has 0 N–H and O–H groups in total. The zero-order valence-corrected chi connectivity index (χ0v) is 38.0. The predicted molar refractivity (Wildman–Crippen MR) is 210 cm³/mol. The number of allylic oxidation sites excluding steroid dienone is 4. The molecule has 0 atom stereocenters. The molecule has 51 heavy (non-hydrogen) atoms. The summed E-state index contributed by atoms with van der Waals surface area (Å²) in [5, 5.41) is 20.8. The maximum atomic E-state index is 11.6. The number of carbonyl (C=O) groups excluding carboxylic acids is 4. The van der Waals surface area contributed by atoms with Gasteiger partial charge in [0.15, 0.2) is 0 Å². The number of unbranched alkanes of at least 4 members (excludes halogenated alkanes) is 22. The summed E-state index contributed by atoms with van der Waals surface area (Å²) in [6.45, 7) is 3.87. The molecule has 0 aromatic heterocycles. The van der Waals surface area contributed by atoms with E-state index in [4.69, 9.17) is 0 Å². The summed E-state index contributed by atoms with van der Waals surface area (Å²) in [7, 11) is 3.02. The van der Waals surface area contributed by atoms with E-state index in [0.29, 0.717) is 12.8 Å². The molecule has 0 aromatic rings. The molecule has 0 aromatic carbocycles. The minimum absolute atomic E-state index is 0. The average molecular weight is 842 g/mol. The van der Waals surface area contributed by atoms with Crippen LogP contribution in [0.3, 0.4) is 0 Å². The third kappa shape index (κ3) is 45.0. The zero-order valence-electron chi connectivity index (χ0n) is 33.6. The van der Waals surface area contributed by atoms with Crippen molar-refractivity contribution in [2.75, 3.05) is 27.2 Å². The maximum absolute atomic E-state index is 11.6. The molecule has 0 aliphatic heterocycles. The molecule has 8 nitrogen and oxygen atoms in total. The van der Waals surface area contributed by atoms with Crippen LogP contribution in [-0.4, -0.2) is 110 Å². The molecule has 0 unspecified atom stereocenters. The van der Waals surface area contributed by atoms with Crippen molar-refractivity contribution in [1.82, 2.24) is 9.80 Å². The largest absolute Gasteiger partial charge is 2.00 e. The van der Waals surface area contributed by atoms with E-state index < -0.39 is 11.9 Å². The third-order valence-electron chi connectivity index (χ3n) is 8.89. The van der Waals surface area contributed by atoms with Gasteiger partial charge in [0.25, 0.3) is 0 Å². The van der Waals surface area contributed by atoms with Gasteiger partial charge in [-0.05, 0) is 64.2 Å². The summed E-state index contributed by atoms with van der Waals surface area (Å²) in [6.07, 6.45) is 42.0. The molecule has 0 saturated heterocycles.